The molecule has 0 saturated heterocycles. The maximum absolute atomic E-state index is 11.2. The predicted octanol–water partition coefficient (Wildman–Crippen LogP) is 3.28. The molecule has 1 aromatic rings. The van der Waals surface area contributed by atoms with E-state index < -0.39 is 0 Å². The lowest BCUT2D eigenvalue weighted by molar-refractivity contribution is -0.121. The number of amides is 1. The van der Waals surface area contributed by atoms with Gasteiger partial charge in [-0.05, 0) is 36.5 Å². The Morgan fingerprint density at radius 1 is 1.21 bits per heavy atom. The molecule has 3 heteroatoms. The maximum Gasteiger partial charge on any atom is 0.220 e. The number of hydrogen-bond donors (Lipinski definition) is 1. The second-order valence-corrected chi connectivity index (χ2v) is 5.68. The molecule has 0 bridgehead atoms. The average Bonchev–Trinajstić information content (AvgIpc) is 2.34. The first kappa shape index (κ1) is 15.5. The monoisotopic (exact) mass is 263 g/mol. The van der Waals surface area contributed by atoms with Crippen LogP contribution in [0, 0.1) is 0 Å². The summed E-state index contributed by atoms with van der Waals surface area (Å²) in [5.41, 5.74) is 1.46. The van der Waals surface area contributed by atoms with E-state index in [4.69, 9.17) is 4.74 Å². The van der Waals surface area contributed by atoms with Crippen molar-refractivity contribution in [2.24, 2.45) is 0 Å². The van der Waals surface area contributed by atoms with Crippen molar-refractivity contribution >= 4 is 5.91 Å². The largest absolute Gasteiger partial charge is 0.494 e. The van der Waals surface area contributed by atoms with Gasteiger partial charge in [0, 0.05) is 13.0 Å². The Kier molecular flexibility index (Phi) is 5.87. The fourth-order valence-electron chi connectivity index (χ4n) is 1.76. The third kappa shape index (κ3) is 5.77. The van der Waals surface area contributed by atoms with E-state index in [9.17, 15) is 4.79 Å². The number of carbonyl (C=O) groups excluding carboxylic acids is 1. The molecular formula is C16H25NO2. The summed E-state index contributed by atoms with van der Waals surface area (Å²) in [6.07, 6.45) is 1.26. The minimum Gasteiger partial charge on any atom is -0.494 e. The molecule has 0 atom stereocenters. The van der Waals surface area contributed by atoms with Crippen molar-refractivity contribution in [3.63, 3.8) is 0 Å². The lowest BCUT2D eigenvalue weighted by atomic mass is 9.87. The number of carbonyl (C=O) groups is 1. The molecule has 0 fully saturated rings. The molecule has 1 rings (SSSR count). The lowest BCUT2D eigenvalue weighted by Crippen LogP contribution is -2.22. The van der Waals surface area contributed by atoms with Crippen LogP contribution in [0.5, 0.6) is 5.75 Å². The van der Waals surface area contributed by atoms with Gasteiger partial charge in [0.1, 0.15) is 5.75 Å². The molecule has 1 aromatic carbocycles. The highest BCUT2D eigenvalue weighted by Crippen LogP contribution is 2.24. The minimum absolute atomic E-state index is 0.0918. The normalized spacial score (nSPS) is 11.2. The molecule has 0 aliphatic rings. The van der Waals surface area contributed by atoms with Crippen LogP contribution in [0.2, 0.25) is 0 Å². The average molecular weight is 263 g/mol. The van der Waals surface area contributed by atoms with Gasteiger partial charge in [-0.25, -0.2) is 0 Å². The molecule has 106 valence electrons. The molecule has 0 radical (unpaired) electrons. The third-order valence-corrected chi connectivity index (χ3v) is 2.91. The topological polar surface area (TPSA) is 38.3 Å². The molecule has 0 heterocycles. The summed E-state index contributed by atoms with van der Waals surface area (Å²) in [6.45, 7) is 9.75. The van der Waals surface area contributed by atoms with Crippen LogP contribution in [-0.2, 0) is 10.2 Å². The molecule has 0 aromatic heterocycles. The molecule has 0 saturated carbocycles. The zero-order valence-electron chi connectivity index (χ0n) is 12.5. The van der Waals surface area contributed by atoms with Crippen molar-refractivity contribution in [3.8, 4) is 5.75 Å². The van der Waals surface area contributed by atoms with E-state index in [2.05, 4.69) is 38.2 Å². The van der Waals surface area contributed by atoms with Crippen LogP contribution >= 0.6 is 0 Å². The summed E-state index contributed by atoms with van der Waals surface area (Å²) in [6, 6.07) is 8.18. The van der Waals surface area contributed by atoms with Crippen molar-refractivity contribution in [1.82, 2.24) is 5.32 Å². The van der Waals surface area contributed by atoms with Crippen molar-refractivity contribution in [3.05, 3.63) is 29.8 Å². The van der Waals surface area contributed by atoms with Crippen LogP contribution in [0.1, 0.15) is 46.1 Å². The molecule has 0 unspecified atom stereocenters. The minimum atomic E-state index is 0.0918. The van der Waals surface area contributed by atoms with Crippen molar-refractivity contribution in [1.29, 1.82) is 0 Å². The molecule has 0 spiro atoms. The zero-order valence-corrected chi connectivity index (χ0v) is 12.5. The summed E-state index contributed by atoms with van der Waals surface area (Å²) in [4.78, 5) is 11.2. The maximum atomic E-state index is 11.2. The van der Waals surface area contributed by atoms with Crippen molar-refractivity contribution < 1.29 is 9.53 Å². The Morgan fingerprint density at radius 2 is 1.84 bits per heavy atom. The van der Waals surface area contributed by atoms with E-state index in [1.54, 1.807) is 0 Å². The molecule has 19 heavy (non-hydrogen) atoms. The van der Waals surface area contributed by atoms with Crippen molar-refractivity contribution in [2.75, 3.05) is 13.2 Å². The van der Waals surface area contributed by atoms with Gasteiger partial charge in [0.05, 0.1) is 6.61 Å². The van der Waals surface area contributed by atoms with Crippen LogP contribution in [0.3, 0.4) is 0 Å². The zero-order chi connectivity index (χ0) is 14.3. The van der Waals surface area contributed by atoms with Crippen LogP contribution in [-0.4, -0.2) is 19.1 Å². The Hall–Kier alpha value is -1.51. The molecule has 1 amide bonds. The highest BCUT2D eigenvalue weighted by Gasteiger charge is 2.12. The lowest BCUT2D eigenvalue weighted by Gasteiger charge is -2.19. The van der Waals surface area contributed by atoms with Gasteiger partial charge in [0.2, 0.25) is 5.91 Å². The van der Waals surface area contributed by atoms with Crippen LogP contribution in [0.25, 0.3) is 0 Å². The molecular weight excluding hydrogens is 238 g/mol. The van der Waals surface area contributed by atoms with Gasteiger partial charge >= 0.3 is 0 Å². The predicted molar refractivity (Wildman–Crippen MR) is 78.6 cm³/mol. The smallest absolute Gasteiger partial charge is 0.220 e. The van der Waals surface area contributed by atoms with E-state index in [0.29, 0.717) is 19.6 Å². The molecule has 1 N–H and O–H groups in total. The van der Waals surface area contributed by atoms with Gasteiger partial charge < -0.3 is 10.1 Å². The fraction of sp³-hybridized carbons (Fsp3) is 0.562. The molecule has 3 nitrogen and oxygen atoms in total. The quantitative estimate of drug-likeness (QED) is 0.800. The fourth-order valence-corrected chi connectivity index (χ4v) is 1.76. The SMILES string of the molecule is CCNC(=O)CCCOc1ccc(C(C)(C)C)cc1. The van der Waals surface area contributed by atoms with Gasteiger partial charge in [0.25, 0.3) is 0 Å². The van der Waals surface area contributed by atoms with E-state index in [1.165, 1.54) is 5.56 Å². The van der Waals surface area contributed by atoms with Gasteiger partial charge in [-0.15, -0.1) is 0 Å². The summed E-state index contributed by atoms with van der Waals surface area (Å²) in [5.74, 6) is 0.957. The highest BCUT2D eigenvalue weighted by molar-refractivity contribution is 5.75. The number of ether oxygens (including phenoxy) is 1. The Balaban J connectivity index is 2.33. The van der Waals surface area contributed by atoms with Crippen LogP contribution in [0.15, 0.2) is 24.3 Å². The summed E-state index contributed by atoms with van der Waals surface area (Å²) in [7, 11) is 0. The van der Waals surface area contributed by atoms with Gasteiger partial charge in [-0.2, -0.15) is 0 Å². The summed E-state index contributed by atoms with van der Waals surface area (Å²) in [5, 5.41) is 2.77. The second kappa shape index (κ2) is 7.17. The number of rotatable bonds is 6. The van der Waals surface area contributed by atoms with E-state index in [1.807, 2.05) is 19.1 Å². The first-order valence-electron chi connectivity index (χ1n) is 6.93. The first-order chi connectivity index (χ1) is 8.93. The summed E-state index contributed by atoms with van der Waals surface area (Å²) < 4.78 is 5.62. The summed E-state index contributed by atoms with van der Waals surface area (Å²) >= 11 is 0. The molecule has 0 aliphatic heterocycles. The highest BCUT2D eigenvalue weighted by atomic mass is 16.5. The number of benzene rings is 1. The van der Waals surface area contributed by atoms with Gasteiger partial charge in [-0.1, -0.05) is 32.9 Å². The Bertz CT molecular complexity index is 390. The van der Waals surface area contributed by atoms with E-state index in [0.717, 1.165) is 12.2 Å². The second-order valence-electron chi connectivity index (χ2n) is 5.68. The van der Waals surface area contributed by atoms with Crippen LogP contribution in [0.4, 0.5) is 0 Å². The van der Waals surface area contributed by atoms with Gasteiger partial charge in [0.15, 0.2) is 0 Å². The van der Waals surface area contributed by atoms with Crippen LogP contribution < -0.4 is 10.1 Å². The van der Waals surface area contributed by atoms with Gasteiger partial charge in [-0.3, -0.25) is 4.79 Å². The van der Waals surface area contributed by atoms with E-state index >= 15 is 0 Å². The van der Waals surface area contributed by atoms with Crippen molar-refractivity contribution in [2.45, 2.75) is 46.0 Å². The Morgan fingerprint density at radius 3 is 2.37 bits per heavy atom. The molecule has 0 aliphatic carbocycles. The number of nitrogens with one attached hydrogen (secondary N) is 1. The first-order valence-corrected chi connectivity index (χ1v) is 6.93. The number of hydrogen-bond acceptors (Lipinski definition) is 2. The Labute approximate surface area is 116 Å². The standard InChI is InChI=1S/C16H25NO2/c1-5-17-15(18)7-6-12-19-14-10-8-13(9-11-14)16(2,3)4/h8-11H,5-7,12H2,1-4H3,(H,17,18). The van der Waals surface area contributed by atoms with E-state index in [-0.39, 0.29) is 11.3 Å². The third-order valence-electron chi connectivity index (χ3n) is 2.91.